The van der Waals surface area contributed by atoms with Crippen molar-refractivity contribution in [3.05, 3.63) is 66.5 Å². The molecular formula is C20H21N3O3S. The van der Waals surface area contributed by atoms with Gasteiger partial charge >= 0.3 is 0 Å². The number of amides is 1. The minimum Gasteiger partial charge on any atom is -0.340 e. The Hall–Kier alpha value is -2.67. The van der Waals surface area contributed by atoms with Crippen LogP contribution >= 0.6 is 0 Å². The predicted octanol–water partition coefficient (Wildman–Crippen LogP) is 2.42. The fraction of sp³-hybridized carbons (Fsp3) is 0.300. The molecule has 1 aromatic heterocycles. The summed E-state index contributed by atoms with van der Waals surface area (Å²) in [5.41, 5.74) is 2.54. The molecule has 4 rings (SSSR count). The lowest BCUT2D eigenvalue weighted by molar-refractivity contribution is -0.131. The van der Waals surface area contributed by atoms with Crippen LogP contribution in [-0.4, -0.2) is 47.6 Å². The highest BCUT2D eigenvalue weighted by molar-refractivity contribution is 7.91. The highest BCUT2D eigenvalue weighted by Crippen LogP contribution is 2.29. The first-order valence-corrected chi connectivity index (χ1v) is 10.7. The standard InChI is InChI=1S/C20H21N3O3S/c24-20(14-23-15-21-17-8-4-5-9-18(17)23)22-11-10-19(27(25,26)13-12-22)16-6-2-1-3-7-16/h1-9,15,19H,10-14H2/t19-/m1/s1. The molecule has 1 atom stereocenters. The number of rotatable bonds is 3. The van der Waals surface area contributed by atoms with Crippen LogP contribution in [0.3, 0.4) is 0 Å². The van der Waals surface area contributed by atoms with E-state index in [2.05, 4.69) is 4.98 Å². The quantitative estimate of drug-likeness (QED) is 0.696. The number of sulfone groups is 1. The summed E-state index contributed by atoms with van der Waals surface area (Å²) in [6.07, 6.45) is 2.08. The normalized spacial score (nSPS) is 19.7. The minimum absolute atomic E-state index is 0.0109. The number of benzene rings is 2. The fourth-order valence-corrected chi connectivity index (χ4v) is 5.41. The zero-order chi connectivity index (χ0) is 18.9. The van der Waals surface area contributed by atoms with Gasteiger partial charge in [0.05, 0.1) is 28.4 Å². The molecule has 2 aromatic carbocycles. The first-order valence-electron chi connectivity index (χ1n) is 8.99. The molecule has 3 aromatic rings. The molecule has 0 radical (unpaired) electrons. The summed E-state index contributed by atoms with van der Waals surface area (Å²) in [5, 5.41) is -0.550. The summed E-state index contributed by atoms with van der Waals surface area (Å²) >= 11 is 0. The van der Waals surface area contributed by atoms with Crippen LogP contribution in [0.5, 0.6) is 0 Å². The molecule has 1 aliphatic heterocycles. The van der Waals surface area contributed by atoms with Gasteiger partial charge in [-0.25, -0.2) is 13.4 Å². The van der Waals surface area contributed by atoms with E-state index >= 15 is 0 Å². The number of aromatic nitrogens is 2. The molecule has 1 saturated heterocycles. The maximum atomic E-state index is 12.8. The van der Waals surface area contributed by atoms with Gasteiger partial charge in [0.15, 0.2) is 9.84 Å². The van der Waals surface area contributed by atoms with Crippen molar-refractivity contribution in [1.82, 2.24) is 14.5 Å². The van der Waals surface area contributed by atoms with E-state index in [-0.39, 0.29) is 24.7 Å². The van der Waals surface area contributed by atoms with Crippen LogP contribution in [0.15, 0.2) is 60.9 Å². The molecule has 1 aliphatic rings. The van der Waals surface area contributed by atoms with Crippen LogP contribution < -0.4 is 0 Å². The van der Waals surface area contributed by atoms with Gasteiger partial charge in [0.25, 0.3) is 0 Å². The smallest absolute Gasteiger partial charge is 0.242 e. The van der Waals surface area contributed by atoms with E-state index in [1.165, 1.54) is 0 Å². The van der Waals surface area contributed by atoms with Crippen LogP contribution in [0.2, 0.25) is 0 Å². The first-order chi connectivity index (χ1) is 13.0. The van der Waals surface area contributed by atoms with Crippen molar-refractivity contribution >= 4 is 26.8 Å². The number of hydrogen-bond donors (Lipinski definition) is 0. The monoisotopic (exact) mass is 383 g/mol. The van der Waals surface area contributed by atoms with Crippen molar-refractivity contribution in [2.75, 3.05) is 18.8 Å². The molecule has 6 nitrogen and oxygen atoms in total. The predicted molar refractivity (Wildman–Crippen MR) is 104 cm³/mol. The number of hydrogen-bond acceptors (Lipinski definition) is 4. The van der Waals surface area contributed by atoms with E-state index in [4.69, 9.17) is 0 Å². The maximum Gasteiger partial charge on any atom is 0.242 e. The van der Waals surface area contributed by atoms with Gasteiger partial charge in [0.2, 0.25) is 5.91 Å². The fourth-order valence-electron chi connectivity index (χ4n) is 3.62. The molecule has 1 fully saturated rings. The van der Waals surface area contributed by atoms with Crippen LogP contribution in [0.25, 0.3) is 11.0 Å². The average Bonchev–Trinajstić information content (AvgIpc) is 3.00. The molecule has 0 saturated carbocycles. The Morgan fingerprint density at radius 3 is 2.59 bits per heavy atom. The lowest BCUT2D eigenvalue weighted by Crippen LogP contribution is -2.36. The first kappa shape index (κ1) is 17.7. The SMILES string of the molecule is O=C(Cn1cnc2ccccc21)N1CC[C@H](c2ccccc2)S(=O)(=O)CC1. The van der Waals surface area contributed by atoms with Crippen molar-refractivity contribution < 1.29 is 13.2 Å². The molecule has 7 heteroatoms. The minimum atomic E-state index is -3.29. The maximum absolute atomic E-state index is 12.8. The number of carbonyl (C=O) groups is 1. The van der Waals surface area contributed by atoms with E-state index < -0.39 is 15.1 Å². The lowest BCUT2D eigenvalue weighted by atomic mass is 10.1. The van der Waals surface area contributed by atoms with Crippen LogP contribution in [-0.2, 0) is 21.2 Å². The molecule has 0 N–H and O–H groups in total. The molecule has 0 bridgehead atoms. The Bertz CT molecular complexity index is 1060. The second-order valence-electron chi connectivity index (χ2n) is 6.80. The Morgan fingerprint density at radius 1 is 1.04 bits per heavy atom. The van der Waals surface area contributed by atoms with Gasteiger partial charge in [-0.3, -0.25) is 4.79 Å². The molecule has 140 valence electrons. The summed E-state index contributed by atoms with van der Waals surface area (Å²) in [7, 11) is -3.29. The van der Waals surface area contributed by atoms with Gasteiger partial charge in [0.1, 0.15) is 6.54 Å². The van der Waals surface area contributed by atoms with Crippen molar-refractivity contribution in [1.29, 1.82) is 0 Å². The topological polar surface area (TPSA) is 72.3 Å². The Labute approximate surface area is 158 Å². The number of carbonyl (C=O) groups excluding carboxylic acids is 1. The van der Waals surface area contributed by atoms with Crippen molar-refractivity contribution in [3.8, 4) is 0 Å². The second kappa shape index (κ2) is 7.15. The van der Waals surface area contributed by atoms with Crippen LogP contribution in [0.1, 0.15) is 17.2 Å². The summed E-state index contributed by atoms with van der Waals surface area (Å²) < 4.78 is 27.2. The van der Waals surface area contributed by atoms with Gasteiger partial charge in [-0.05, 0) is 24.1 Å². The van der Waals surface area contributed by atoms with Gasteiger partial charge < -0.3 is 9.47 Å². The van der Waals surface area contributed by atoms with E-state index in [0.29, 0.717) is 13.0 Å². The molecule has 1 amide bonds. The van der Waals surface area contributed by atoms with Gasteiger partial charge in [-0.1, -0.05) is 42.5 Å². The van der Waals surface area contributed by atoms with Crippen molar-refractivity contribution in [2.24, 2.45) is 0 Å². The highest BCUT2D eigenvalue weighted by atomic mass is 32.2. The van der Waals surface area contributed by atoms with Crippen molar-refractivity contribution in [3.63, 3.8) is 0 Å². The van der Waals surface area contributed by atoms with E-state index in [1.54, 1.807) is 11.2 Å². The molecule has 27 heavy (non-hydrogen) atoms. The molecular weight excluding hydrogens is 362 g/mol. The van der Waals surface area contributed by atoms with Crippen LogP contribution in [0.4, 0.5) is 0 Å². The van der Waals surface area contributed by atoms with E-state index in [0.717, 1.165) is 16.6 Å². The average molecular weight is 383 g/mol. The Kier molecular flexibility index (Phi) is 4.70. The highest BCUT2D eigenvalue weighted by Gasteiger charge is 2.32. The molecule has 0 aliphatic carbocycles. The lowest BCUT2D eigenvalue weighted by Gasteiger charge is -2.20. The van der Waals surface area contributed by atoms with E-state index in [9.17, 15) is 13.2 Å². The second-order valence-corrected chi connectivity index (χ2v) is 9.10. The third-order valence-electron chi connectivity index (χ3n) is 5.10. The Morgan fingerprint density at radius 2 is 1.78 bits per heavy atom. The Balaban J connectivity index is 1.51. The summed E-state index contributed by atoms with van der Waals surface area (Å²) in [5.74, 6) is -0.0924. The zero-order valence-corrected chi connectivity index (χ0v) is 15.7. The summed E-state index contributed by atoms with van der Waals surface area (Å²) in [6.45, 7) is 0.831. The molecule has 0 spiro atoms. The summed E-state index contributed by atoms with van der Waals surface area (Å²) in [6, 6.07) is 16.9. The van der Waals surface area contributed by atoms with Crippen molar-refractivity contribution in [2.45, 2.75) is 18.2 Å². The number of nitrogens with zero attached hydrogens (tertiary/aromatic N) is 3. The number of imidazole rings is 1. The zero-order valence-electron chi connectivity index (χ0n) is 14.9. The third kappa shape index (κ3) is 3.60. The van der Waals surface area contributed by atoms with Gasteiger partial charge in [-0.2, -0.15) is 0 Å². The molecule has 0 unspecified atom stereocenters. The van der Waals surface area contributed by atoms with Gasteiger partial charge in [0, 0.05) is 13.1 Å². The van der Waals surface area contributed by atoms with Gasteiger partial charge in [-0.15, -0.1) is 0 Å². The van der Waals surface area contributed by atoms with Crippen LogP contribution in [0, 0.1) is 0 Å². The largest absolute Gasteiger partial charge is 0.340 e. The summed E-state index contributed by atoms with van der Waals surface area (Å²) in [4.78, 5) is 18.8. The number of para-hydroxylation sites is 2. The molecule has 2 heterocycles. The number of fused-ring (bicyclic) bond motifs is 1. The van der Waals surface area contributed by atoms with E-state index in [1.807, 2.05) is 59.2 Å². The third-order valence-corrected chi connectivity index (χ3v) is 7.22.